The van der Waals surface area contributed by atoms with Crippen molar-refractivity contribution in [2.75, 3.05) is 39.4 Å². The highest BCUT2D eigenvalue weighted by Gasteiger charge is 2.20. The molecule has 1 aliphatic heterocycles. The average molecular weight is 264 g/mol. The van der Waals surface area contributed by atoms with Crippen molar-refractivity contribution >= 4 is 0 Å². The van der Waals surface area contributed by atoms with Crippen LogP contribution in [0.15, 0.2) is 24.3 Å². The number of ether oxygens (including phenoxy) is 1. The minimum Gasteiger partial charge on any atom is -0.494 e. The van der Waals surface area contributed by atoms with Gasteiger partial charge in [-0.1, -0.05) is 17.7 Å². The number of benzene rings is 1. The molecular formula is C15H24N2O2. The van der Waals surface area contributed by atoms with Crippen molar-refractivity contribution in [3.8, 4) is 5.75 Å². The van der Waals surface area contributed by atoms with Crippen LogP contribution in [-0.2, 0) is 0 Å². The van der Waals surface area contributed by atoms with Crippen molar-refractivity contribution < 1.29 is 9.84 Å². The number of aliphatic hydroxyl groups excluding tert-OH is 1. The van der Waals surface area contributed by atoms with Crippen LogP contribution >= 0.6 is 0 Å². The summed E-state index contributed by atoms with van der Waals surface area (Å²) in [6, 6.07) is 8.40. The van der Waals surface area contributed by atoms with E-state index >= 15 is 0 Å². The molecule has 2 rings (SSSR count). The van der Waals surface area contributed by atoms with E-state index in [0.29, 0.717) is 0 Å². The lowest BCUT2D eigenvalue weighted by atomic mass is 10.2. The Hall–Kier alpha value is -1.10. The molecule has 0 radical (unpaired) electrons. The zero-order valence-corrected chi connectivity index (χ0v) is 11.6. The second-order valence-corrected chi connectivity index (χ2v) is 5.09. The Kier molecular flexibility index (Phi) is 5.63. The van der Waals surface area contributed by atoms with Gasteiger partial charge in [-0.05, 0) is 25.5 Å². The van der Waals surface area contributed by atoms with Gasteiger partial charge in [-0.25, -0.2) is 0 Å². The van der Waals surface area contributed by atoms with Gasteiger partial charge in [-0.3, -0.25) is 4.90 Å². The first-order chi connectivity index (χ1) is 9.29. The average Bonchev–Trinajstić information content (AvgIpc) is 2.46. The molecule has 106 valence electrons. The van der Waals surface area contributed by atoms with Gasteiger partial charge in [0.1, 0.15) is 5.75 Å². The Labute approximate surface area is 115 Å². The van der Waals surface area contributed by atoms with Gasteiger partial charge >= 0.3 is 0 Å². The van der Waals surface area contributed by atoms with Gasteiger partial charge in [-0.2, -0.15) is 0 Å². The van der Waals surface area contributed by atoms with E-state index in [1.54, 1.807) is 0 Å². The summed E-state index contributed by atoms with van der Waals surface area (Å²) in [4.78, 5) is 2.34. The fraction of sp³-hybridized carbons (Fsp3) is 0.600. The van der Waals surface area contributed by atoms with Crippen molar-refractivity contribution in [1.29, 1.82) is 0 Å². The number of hydrogen-bond donors (Lipinski definition) is 2. The maximum atomic E-state index is 9.31. The number of piperazine rings is 1. The molecule has 0 amide bonds. The van der Waals surface area contributed by atoms with E-state index in [4.69, 9.17) is 4.74 Å². The molecule has 0 saturated carbocycles. The largest absolute Gasteiger partial charge is 0.494 e. The monoisotopic (exact) mass is 264 g/mol. The molecule has 19 heavy (non-hydrogen) atoms. The van der Waals surface area contributed by atoms with Crippen LogP contribution in [0.2, 0.25) is 0 Å². The molecule has 0 aromatic heterocycles. The van der Waals surface area contributed by atoms with E-state index < -0.39 is 0 Å². The summed E-state index contributed by atoms with van der Waals surface area (Å²) < 4.78 is 5.72. The van der Waals surface area contributed by atoms with Crippen LogP contribution < -0.4 is 10.1 Å². The molecular weight excluding hydrogens is 240 g/mol. The van der Waals surface area contributed by atoms with E-state index in [0.717, 1.165) is 45.0 Å². The van der Waals surface area contributed by atoms with Crippen molar-refractivity contribution in [1.82, 2.24) is 10.2 Å². The second-order valence-electron chi connectivity index (χ2n) is 5.09. The van der Waals surface area contributed by atoms with Crippen LogP contribution in [0.25, 0.3) is 0 Å². The van der Waals surface area contributed by atoms with E-state index in [9.17, 15) is 5.11 Å². The van der Waals surface area contributed by atoms with E-state index in [1.807, 2.05) is 12.1 Å². The summed E-state index contributed by atoms with van der Waals surface area (Å²) in [5.74, 6) is 0.935. The Morgan fingerprint density at radius 2 is 2.16 bits per heavy atom. The van der Waals surface area contributed by atoms with Crippen molar-refractivity contribution in [2.45, 2.75) is 19.4 Å². The van der Waals surface area contributed by atoms with Crippen LogP contribution in [0.5, 0.6) is 5.75 Å². The molecule has 4 heteroatoms. The molecule has 1 atom stereocenters. The molecule has 0 bridgehead atoms. The first kappa shape index (κ1) is 14.3. The zero-order chi connectivity index (χ0) is 13.5. The molecule has 4 nitrogen and oxygen atoms in total. The molecule has 2 N–H and O–H groups in total. The lowest BCUT2D eigenvalue weighted by Crippen LogP contribution is -2.53. The third-order valence-corrected chi connectivity index (χ3v) is 3.56. The molecule has 1 fully saturated rings. The lowest BCUT2D eigenvalue weighted by Gasteiger charge is -2.34. The Morgan fingerprint density at radius 1 is 1.37 bits per heavy atom. The number of hydrogen-bond acceptors (Lipinski definition) is 4. The van der Waals surface area contributed by atoms with Crippen LogP contribution in [0.1, 0.15) is 12.0 Å². The Balaban J connectivity index is 1.67. The summed E-state index contributed by atoms with van der Waals surface area (Å²) in [6.07, 6.45) is 0.990. The van der Waals surface area contributed by atoms with E-state index in [1.165, 1.54) is 5.56 Å². The first-order valence-corrected chi connectivity index (χ1v) is 7.04. The predicted molar refractivity (Wildman–Crippen MR) is 76.6 cm³/mol. The second kappa shape index (κ2) is 7.48. The normalized spacial score (nSPS) is 20.4. The summed E-state index contributed by atoms with van der Waals surface area (Å²) in [7, 11) is 0. The SMILES string of the molecule is Cc1ccc(OCCCN2CCNCC2CO)cc1. The van der Waals surface area contributed by atoms with Gasteiger partial charge in [-0.15, -0.1) is 0 Å². The minimum absolute atomic E-state index is 0.228. The molecule has 1 unspecified atom stereocenters. The predicted octanol–water partition coefficient (Wildman–Crippen LogP) is 1.03. The zero-order valence-electron chi connectivity index (χ0n) is 11.6. The molecule has 1 aromatic carbocycles. The number of aliphatic hydroxyl groups is 1. The molecule has 0 aliphatic carbocycles. The molecule has 1 saturated heterocycles. The lowest BCUT2D eigenvalue weighted by molar-refractivity contribution is 0.0951. The van der Waals surface area contributed by atoms with Gasteiger partial charge in [0.15, 0.2) is 0 Å². The third-order valence-electron chi connectivity index (χ3n) is 3.56. The maximum Gasteiger partial charge on any atom is 0.119 e. The summed E-state index contributed by atoms with van der Waals surface area (Å²) in [5, 5.41) is 12.6. The van der Waals surface area contributed by atoms with Crippen molar-refractivity contribution in [3.63, 3.8) is 0 Å². The number of aryl methyl sites for hydroxylation is 1. The summed E-state index contributed by atoms with van der Waals surface area (Å²) in [6.45, 7) is 6.92. The Morgan fingerprint density at radius 3 is 2.89 bits per heavy atom. The first-order valence-electron chi connectivity index (χ1n) is 7.04. The minimum atomic E-state index is 0.228. The molecule has 1 aromatic rings. The highest BCUT2D eigenvalue weighted by molar-refractivity contribution is 5.26. The number of nitrogens with one attached hydrogen (secondary N) is 1. The fourth-order valence-electron chi connectivity index (χ4n) is 2.37. The van der Waals surface area contributed by atoms with Gasteiger partial charge in [0, 0.05) is 32.2 Å². The smallest absolute Gasteiger partial charge is 0.119 e. The fourth-order valence-corrected chi connectivity index (χ4v) is 2.37. The molecule has 1 heterocycles. The summed E-state index contributed by atoms with van der Waals surface area (Å²) in [5.41, 5.74) is 1.25. The van der Waals surface area contributed by atoms with Gasteiger partial charge < -0.3 is 15.2 Å². The standard InChI is InChI=1S/C15H24N2O2/c1-13-3-5-15(6-4-13)19-10-2-8-17-9-7-16-11-14(17)12-18/h3-6,14,16,18H,2,7-12H2,1H3. The van der Waals surface area contributed by atoms with Gasteiger partial charge in [0.2, 0.25) is 0 Å². The number of rotatable bonds is 6. The van der Waals surface area contributed by atoms with Crippen LogP contribution in [0, 0.1) is 6.92 Å². The third kappa shape index (κ3) is 4.49. The van der Waals surface area contributed by atoms with Crippen molar-refractivity contribution in [2.24, 2.45) is 0 Å². The van der Waals surface area contributed by atoms with Gasteiger partial charge in [0.05, 0.1) is 13.2 Å². The van der Waals surface area contributed by atoms with Crippen LogP contribution in [-0.4, -0.2) is 55.4 Å². The highest BCUT2D eigenvalue weighted by Crippen LogP contribution is 2.12. The molecule has 1 aliphatic rings. The number of nitrogens with zero attached hydrogens (tertiary/aromatic N) is 1. The van der Waals surface area contributed by atoms with Crippen LogP contribution in [0.3, 0.4) is 0 Å². The van der Waals surface area contributed by atoms with Crippen LogP contribution in [0.4, 0.5) is 0 Å². The summed E-state index contributed by atoms with van der Waals surface area (Å²) >= 11 is 0. The maximum absolute atomic E-state index is 9.31. The topological polar surface area (TPSA) is 44.7 Å². The quantitative estimate of drug-likeness (QED) is 0.753. The van der Waals surface area contributed by atoms with E-state index in [2.05, 4.69) is 29.3 Å². The van der Waals surface area contributed by atoms with E-state index in [-0.39, 0.29) is 12.6 Å². The Bertz CT molecular complexity index is 367. The molecule has 0 spiro atoms. The highest BCUT2D eigenvalue weighted by atomic mass is 16.5. The van der Waals surface area contributed by atoms with Crippen molar-refractivity contribution in [3.05, 3.63) is 29.8 Å². The van der Waals surface area contributed by atoms with Gasteiger partial charge in [0.25, 0.3) is 0 Å².